The van der Waals surface area contributed by atoms with Gasteiger partial charge in [0.15, 0.2) is 5.16 Å². The second-order valence-electron chi connectivity index (χ2n) is 7.23. The fraction of sp³-hybridized carbons (Fsp3) is 0.333. The molecule has 0 atom stereocenters. The average Bonchev–Trinajstić information content (AvgIpc) is 3.19. The van der Waals surface area contributed by atoms with Crippen molar-refractivity contribution in [2.45, 2.75) is 51.7 Å². The normalized spacial score (nSPS) is 10.7. The third-order valence-corrected chi connectivity index (χ3v) is 6.07. The Hall–Kier alpha value is -3.13. The molecule has 0 fully saturated rings. The minimum absolute atomic E-state index is 0.1000. The molecule has 1 heterocycles. The van der Waals surface area contributed by atoms with E-state index in [1.165, 1.54) is 11.8 Å². The molecule has 0 saturated heterocycles. The minimum atomic E-state index is -0.140. The number of carbonyl (C=O) groups is 2. The van der Waals surface area contributed by atoms with E-state index in [9.17, 15) is 9.59 Å². The zero-order valence-electron chi connectivity index (χ0n) is 18.7. The molecule has 3 aromatic rings. The van der Waals surface area contributed by atoms with Crippen molar-refractivity contribution in [3.8, 4) is 0 Å². The van der Waals surface area contributed by atoms with Crippen molar-refractivity contribution >= 4 is 35.0 Å². The van der Waals surface area contributed by atoms with Crippen molar-refractivity contribution in [3.63, 3.8) is 0 Å². The SMILES string of the molecule is CCc1ccccc1NC(=O)CSc1nnc(CC(=O)Nc2ccccc2CC)n1CC. The second-order valence-corrected chi connectivity index (χ2v) is 8.17. The van der Waals surface area contributed by atoms with E-state index in [1.54, 1.807) is 0 Å². The van der Waals surface area contributed by atoms with E-state index in [0.29, 0.717) is 17.5 Å². The van der Waals surface area contributed by atoms with Gasteiger partial charge < -0.3 is 15.2 Å². The number of rotatable bonds is 10. The van der Waals surface area contributed by atoms with Gasteiger partial charge in [-0.15, -0.1) is 10.2 Å². The Morgan fingerprint density at radius 1 is 0.844 bits per heavy atom. The Morgan fingerprint density at radius 3 is 1.97 bits per heavy atom. The Labute approximate surface area is 193 Å². The van der Waals surface area contributed by atoms with Crippen molar-refractivity contribution in [2.24, 2.45) is 0 Å². The highest BCUT2D eigenvalue weighted by Gasteiger charge is 2.17. The van der Waals surface area contributed by atoms with Crippen LogP contribution in [0.15, 0.2) is 53.7 Å². The molecule has 2 amide bonds. The summed E-state index contributed by atoms with van der Waals surface area (Å²) in [6.45, 7) is 6.70. The Morgan fingerprint density at radius 2 is 1.41 bits per heavy atom. The predicted octanol–water partition coefficient (Wildman–Crippen LogP) is 4.33. The molecule has 3 rings (SSSR count). The molecule has 0 aliphatic heterocycles. The summed E-state index contributed by atoms with van der Waals surface area (Å²) in [6, 6.07) is 15.6. The lowest BCUT2D eigenvalue weighted by molar-refractivity contribution is -0.116. The molecule has 0 radical (unpaired) electrons. The third kappa shape index (κ3) is 5.97. The number of amides is 2. The summed E-state index contributed by atoms with van der Waals surface area (Å²) in [5, 5.41) is 15.0. The van der Waals surface area contributed by atoms with Gasteiger partial charge in [-0.05, 0) is 43.0 Å². The van der Waals surface area contributed by atoms with Gasteiger partial charge in [-0.25, -0.2) is 0 Å². The van der Waals surface area contributed by atoms with Crippen LogP contribution in [0.3, 0.4) is 0 Å². The topological polar surface area (TPSA) is 88.9 Å². The molecule has 168 valence electrons. The van der Waals surface area contributed by atoms with E-state index in [1.807, 2.05) is 60.0 Å². The summed E-state index contributed by atoms with van der Waals surface area (Å²) >= 11 is 1.32. The maximum Gasteiger partial charge on any atom is 0.234 e. The first kappa shape index (κ1) is 23.5. The number of anilines is 2. The quantitative estimate of drug-likeness (QED) is 0.448. The van der Waals surface area contributed by atoms with Crippen LogP contribution in [0, 0.1) is 0 Å². The number of aromatic nitrogens is 3. The van der Waals surface area contributed by atoms with Crippen molar-refractivity contribution < 1.29 is 9.59 Å². The van der Waals surface area contributed by atoms with E-state index in [0.717, 1.165) is 35.3 Å². The molecule has 8 heteroatoms. The molecule has 1 aromatic heterocycles. The lowest BCUT2D eigenvalue weighted by Gasteiger charge is -2.11. The van der Waals surface area contributed by atoms with Crippen LogP contribution in [-0.4, -0.2) is 32.3 Å². The van der Waals surface area contributed by atoms with Crippen LogP contribution in [0.2, 0.25) is 0 Å². The van der Waals surface area contributed by atoms with E-state index in [4.69, 9.17) is 0 Å². The van der Waals surface area contributed by atoms with Crippen molar-refractivity contribution in [3.05, 3.63) is 65.5 Å². The van der Waals surface area contributed by atoms with Gasteiger partial charge in [-0.3, -0.25) is 9.59 Å². The molecular weight excluding hydrogens is 422 g/mol. The number of nitrogens with zero attached hydrogens (tertiary/aromatic N) is 3. The van der Waals surface area contributed by atoms with Crippen LogP contribution < -0.4 is 10.6 Å². The molecule has 2 N–H and O–H groups in total. The van der Waals surface area contributed by atoms with E-state index >= 15 is 0 Å². The van der Waals surface area contributed by atoms with Gasteiger partial charge in [-0.2, -0.15) is 0 Å². The number of nitrogens with one attached hydrogen (secondary N) is 2. The summed E-state index contributed by atoms with van der Waals surface area (Å²) in [4.78, 5) is 25.0. The first-order chi connectivity index (χ1) is 15.5. The van der Waals surface area contributed by atoms with Crippen LogP contribution in [0.25, 0.3) is 0 Å². The first-order valence-corrected chi connectivity index (χ1v) is 11.8. The predicted molar refractivity (Wildman–Crippen MR) is 129 cm³/mol. The Kier molecular flexibility index (Phi) is 8.44. The molecule has 0 saturated carbocycles. The fourth-order valence-electron chi connectivity index (χ4n) is 3.43. The van der Waals surface area contributed by atoms with Crippen LogP contribution >= 0.6 is 11.8 Å². The third-order valence-electron chi connectivity index (χ3n) is 5.11. The van der Waals surface area contributed by atoms with Gasteiger partial charge in [-0.1, -0.05) is 62.0 Å². The van der Waals surface area contributed by atoms with Gasteiger partial charge >= 0.3 is 0 Å². The number of aryl methyl sites for hydroxylation is 2. The van der Waals surface area contributed by atoms with Gasteiger partial charge in [0, 0.05) is 17.9 Å². The van der Waals surface area contributed by atoms with Crippen LogP contribution in [0.4, 0.5) is 11.4 Å². The van der Waals surface area contributed by atoms with Gasteiger partial charge in [0.1, 0.15) is 5.82 Å². The van der Waals surface area contributed by atoms with Crippen molar-refractivity contribution in [1.82, 2.24) is 14.8 Å². The zero-order chi connectivity index (χ0) is 22.9. The van der Waals surface area contributed by atoms with Crippen LogP contribution in [0.5, 0.6) is 0 Å². The van der Waals surface area contributed by atoms with E-state index < -0.39 is 0 Å². The van der Waals surface area contributed by atoms with Crippen LogP contribution in [-0.2, 0) is 35.4 Å². The molecule has 2 aromatic carbocycles. The first-order valence-electron chi connectivity index (χ1n) is 10.9. The fourth-order valence-corrected chi connectivity index (χ4v) is 4.25. The standard InChI is InChI=1S/C24H29N5O2S/c1-4-17-11-7-9-13-19(17)25-22(30)15-21-27-28-24(29(21)6-3)32-16-23(31)26-20-14-10-8-12-18(20)5-2/h7-14H,4-6,15-16H2,1-3H3,(H,25,30)(H,26,31). The zero-order valence-corrected chi connectivity index (χ0v) is 19.5. The van der Waals surface area contributed by atoms with Crippen molar-refractivity contribution in [1.29, 1.82) is 0 Å². The summed E-state index contributed by atoms with van der Waals surface area (Å²) in [7, 11) is 0. The lowest BCUT2D eigenvalue weighted by Crippen LogP contribution is -2.19. The smallest absolute Gasteiger partial charge is 0.234 e. The lowest BCUT2D eigenvalue weighted by atomic mass is 10.1. The van der Waals surface area contributed by atoms with Crippen LogP contribution in [0.1, 0.15) is 37.7 Å². The number of hydrogen-bond acceptors (Lipinski definition) is 5. The highest BCUT2D eigenvalue weighted by molar-refractivity contribution is 7.99. The highest BCUT2D eigenvalue weighted by atomic mass is 32.2. The molecule has 7 nitrogen and oxygen atoms in total. The minimum Gasteiger partial charge on any atom is -0.325 e. The van der Waals surface area contributed by atoms with Gasteiger partial charge in [0.05, 0.1) is 12.2 Å². The molecule has 0 bridgehead atoms. The molecule has 32 heavy (non-hydrogen) atoms. The number of hydrogen-bond donors (Lipinski definition) is 2. The largest absolute Gasteiger partial charge is 0.325 e. The maximum absolute atomic E-state index is 12.6. The molecule has 0 spiro atoms. The Balaban J connectivity index is 1.60. The summed E-state index contributed by atoms with van der Waals surface area (Å²) in [6.07, 6.45) is 1.81. The van der Waals surface area contributed by atoms with Crippen molar-refractivity contribution in [2.75, 3.05) is 16.4 Å². The van der Waals surface area contributed by atoms with E-state index in [-0.39, 0.29) is 24.0 Å². The average molecular weight is 452 g/mol. The molecular formula is C24H29N5O2S. The second kappa shape index (κ2) is 11.5. The monoisotopic (exact) mass is 451 g/mol. The number of para-hydroxylation sites is 2. The number of thioether (sulfide) groups is 1. The molecule has 0 unspecified atom stereocenters. The van der Waals surface area contributed by atoms with E-state index in [2.05, 4.69) is 34.7 Å². The van der Waals surface area contributed by atoms with Gasteiger partial charge in [0.2, 0.25) is 11.8 Å². The molecule has 0 aliphatic rings. The Bertz CT molecular complexity index is 1080. The summed E-state index contributed by atoms with van der Waals surface area (Å²) in [5.74, 6) is 0.556. The van der Waals surface area contributed by atoms with Gasteiger partial charge in [0.25, 0.3) is 0 Å². The summed E-state index contributed by atoms with van der Waals surface area (Å²) in [5.41, 5.74) is 3.84. The maximum atomic E-state index is 12.6. The summed E-state index contributed by atoms with van der Waals surface area (Å²) < 4.78 is 1.88. The number of carbonyl (C=O) groups excluding carboxylic acids is 2. The number of benzene rings is 2. The molecule has 0 aliphatic carbocycles. The highest BCUT2D eigenvalue weighted by Crippen LogP contribution is 2.20.